The Morgan fingerprint density at radius 1 is 1.16 bits per heavy atom. The number of morpholine rings is 1. The maximum absolute atomic E-state index is 13.8. The highest BCUT2D eigenvalue weighted by atomic mass is 32.1. The Bertz CT molecular complexity index is 1000. The monoisotopic (exact) mass is 457 g/mol. The van der Waals surface area contributed by atoms with Gasteiger partial charge in [-0.15, -0.1) is 11.3 Å². The van der Waals surface area contributed by atoms with Crippen molar-refractivity contribution in [3.8, 4) is 22.8 Å². The first-order valence-corrected chi connectivity index (χ1v) is 11.7. The van der Waals surface area contributed by atoms with Crippen LogP contribution in [0.15, 0.2) is 47.8 Å². The molecule has 2 aromatic carbocycles. The van der Waals surface area contributed by atoms with Gasteiger partial charge in [0.2, 0.25) is 0 Å². The number of ether oxygens (including phenoxy) is 3. The van der Waals surface area contributed by atoms with Crippen LogP contribution < -0.4 is 14.8 Å². The molecule has 1 fully saturated rings. The lowest BCUT2D eigenvalue weighted by molar-refractivity contribution is 0.0322. The second-order valence-electron chi connectivity index (χ2n) is 7.80. The van der Waals surface area contributed by atoms with Crippen molar-refractivity contribution in [2.75, 3.05) is 44.8 Å². The van der Waals surface area contributed by atoms with Crippen LogP contribution >= 0.6 is 11.3 Å². The summed E-state index contributed by atoms with van der Waals surface area (Å²) in [7, 11) is 0. The first-order chi connectivity index (χ1) is 15.6. The second kappa shape index (κ2) is 10.8. The third kappa shape index (κ3) is 6.18. The minimum Gasteiger partial charge on any atom is -0.492 e. The Morgan fingerprint density at radius 3 is 2.69 bits per heavy atom. The normalized spacial score (nSPS) is 14.5. The zero-order valence-corrected chi connectivity index (χ0v) is 19.2. The van der Waals surface area contributed by atoms with Gasteiger partial charge in [0, 0.05) is 36.6 Å². The van der Waals surface area contributed by atoms with Crippen LogP contribution in [0, 0.1) is 5.82 Å². The average Bonchev–Trinajstić information content (AvgIpc) is 3.25. The quantitative estimate of drug-likeness (QED) is 0.477. The largest absolute Gasteiger partial charge is 0.492 e. The van der Waals surface area contributed by atoms with Crippen molar-refractivity contribution in [3.63, 3.8) is 0 Å². The Hall–Kier alpha value is -2.68. The van der Waals surface area contributed by atoms with Gasteiger partial charge >= 0.3 is 0 Å². The van der Waals surface area contributed by atoms with E-state index in [2.05, 4.69) is 15.2 Å². The molecular formula is C24H28FN3O3S. The maximum Gasteiger partial charge on any atom is 0.187 e. The fraction of sp³-hybridized carbons (Fsp3) is 0.375. The van der Waals surface area contributed by atoms with Gasteiger partial charge in [-0.3, -0.25) is 4.90 Å². The molecule has 1 N–H and O–H groups in total. The molecule has 3 aromatic rings. The number of anilines is 2. The van der Waals surface area contributed by atoms with Crippen LogP contribution in [0.5, 0.6) is 11.5 Å². The average molecular weight is 458 g/mol. The number of halogens is 1. The molecule has 0 radical (unpaired) electrons. The van der Waals surface area contributed by atoms with E-state index in [4.69, 9.17) is 14.2 Å². The van der Waals surface area contributed by atoms with Crippen LogP contribution in [-0.4, -0.2) is 55.4 Å². The van der Waals surface area contributed by atoms with Crippen molar-refractivity contribution in [2.24, 2.45) is 0 Å². The molecule has 1 aliphatic rings. The van der Waals surface area contributed by atoms with Crippen LogP contribution in [0.1, 0.15) is 13.8 Å². The van der Waals surface area contributed by atoms with E-state index in [9.17, 15) is 4.39 Å². The van der Waals surface area contributed by atoms with E-state index in [1.54, 1.807) is 6.07 Å². The number of nitrogens with zero attached hydrogens (tertiary/aromatic N) is 2. The summed E-state index contributed by atoms with van der Waals surface area (Å²) >= 11 is 1.46. The number of hydrogen-bond donors (Lipinski definition) is 1. The molecule has 8 heteroatoms. The Labute approximate surface area is 192 Å². The molecule has 4 rings (SSSR count). The van der Waals surface area contributed by atoms with Crippen LogP contribution in [0.3, 0.4) is 0 Å². The summed E-state index contributed by atoms with van der Waals surface area (Å²) in [6, 6.07) is 12.4. The van der Waals surface area contributed by atoms with Gasteiger partial charge in [0.1, 0.15) is 23.9 Å². The lowest BCUT2D eigenvalue weighted by atomic mass is 10.2. The summed E-state index contributed by atoms with van der Waals surface area (Å²) in [5, 5.41) is 5.83. The van der Waals surface area contributed by atoms with Gasteiger partial charge in [-0.1, -0.05) is 0 Å². The van der Waals surface area contributed by atoms with Gasteiger partial charge in [0.15, 0.2) is 5.13 Å². The van der Waals surface area contributed by atoms with Crippen LogP contribution in [0.25, 0.3) is 11.3 Å². The van der Waals surface area contributed by atoms with Gasteiger partial charge in [0.05, 0.1) is 30.7 Å². The number of thiazole rings is 1. The van der Waals surface area contributed by atoms with Gasteiger partial charge in [-0.2, -0.15) is 0 Å². The number of hydrogen-bond acceptors (Lipinski definition) is 7. The highest BCUT2D eigenvalue weighted by Crippen LogP contribution is 2.33. The minimum absolute atomic E-state index is 0.0116. The summed E-state index contributed by atoms with van der Waals surface area (Å²) in [4.78, 5) is 6.99. The van der Waals surface area contributed by atoms with E-state index in [1.807, 2.05) is 43.5 Å². The van der Waals surface area contributed by atoms with Crippen molar-refractivity contribution in [3.05, 3.63) is 53.7 Å². The molecule has 6 nitrogen and oxygen atoms in total. The van der Waals surface area contributed by atoms with Crippen LogP contribution in [0.4, 0.5) is 15.2 Å². The molecular weight excluding hydrogens is 429 g/mol. The number of benzene rings is 2. The molecule has 0 bridgehead atoms. The fourth-order valence-electron chi connectivity index (χ4n) is 3.37. The summed E-state index contributed by atoms with van der Waals surface area (Å²) in [5.74, 6) is 1.10. The van der Waals surface area contributed by atoms with Crippen molar-refractivity contribution >= 4 is 22.2 Å². The van der Waals surface area contributed by atoms with E-state index in [0.717, 1.165) is 49.9 Å². The summed E-state index contributed by atoms with van der Waals surface area (Å²) in [6.07, 6.45) is -0.0116. The zero-order chi connectivity index (χ0) is 22.3. The molecule has 0 atom stereocenters. The van der Waals surface area contributed by atoms with Crippen molar-refractivity contribution in [1.29, 1.82) is 0 Å². The van der Waals surface area contributed by atoms with Gasteiger partial charge in [-0.05, 0) is 50.2 Å². The van der Waals surface area contributed by atoms with Gasteiger partial charge in [-0.25, -0.2) is 9.37 Å². The summed E-state index contributed by atoms with van der Waals surface area (Å²) in [6.45, 7) is 8.93. The highest BCUT2D eigenvalue weighted by Gasteiger charge is 2.12. The SMILES string of the molecule is CC(C)Oc1ccc(F)cc1Nc1nc(-c2ccc(OCCN3CCOCC3)cc2)cs1. The molecule has 2 heterocycles. The predicted molar refractivity (Wildman–Crippen MR) is 126 cm³/mol. The third-order valence-electron chi connectivity index (χ3n) is 4.98. The molecule has 170 valence electrons. The molecule has 0 aliphatic carbocycles. The van der Waals surface area contributed by atoms with E-state index < -0.39 is 0 Å². The lowest BCUT2D eigenvalue weighted by Gasteiger charge is -2.26. The van der Waals surface area contributed by atoms with Crippen molar-refractivity contribution in [1.82, 2.24) is 9.88 Å². The minimum atomic E-state index is -0.329. The predicted octanol–water partition coefficient (Wildman–Crippen LogP) is 5.19. The van der Waals surface area contributed by atoms with E-state index in [1.165, 1.54) is 23.5 Å². The molecule has 0 unspecified atom stereocenters. The molecule has 0 spiro atoms. The van der Waals surface area contributed by atoms with E-state index in [-0.39, 0.29) is 11.9 Å². The molecule has 1 aliphatic heterocycles. The standard InChI is InChI=1S/C24H28FN3O3S/c1-17(2)31-23-8-5-19(25)15-21(23)26-24-27-22(16-32-24)18-3-6-20(7-4-18)30-14-11-28-9-12-29-13-10-28/h3-8,15-17H,9-14H2,1-2H3,(H,26,27). The molecule has 1 saturated heterocycles. The molecule has 0 saturated carbocycles. The first kappa shape index (κ1) is 22.5. The highest BCUT2D eigenvalue weighted by molar-refractivity contribution is 7.14. The van der Waals surface area contributed by atoms with E-state index in [0.29, 0.717) is 23.2 Å². The first-order valence-electron chi connectivity index (χ1n) is 10.8. The number of rotatable bonds is 9. The number of nitrogens with one attached hydrogen (secondary N) is 1. The van der Waals surface area contributed by atoms with Crippen molar-refractivity contribution < 1.29 is 18.6 Å². The Balaban J connectivity index is 1.36. The van der Waals surface area contributed by atoms with Crippen LogP contribution in [0.2, 0.25) is 0 Å². The van der Waals surface area contributed by atoms with Gasteiger partial charge < -0.3 is 19.5 Å². The van der Waals surface area contributed by atoms with Crippen molar-refractivity contribution in [2.45, 2.75) is 20.0 Å². The Morgan fingerprint density at radius 2 is 1.94 bits per heavy atom. The molecule has 1 aromatic heterocycles. The zero-order valence-electron chi connectivity index (χ0n) is 18.3. The lowest BCUT2D eigenvalue weighted by Crippen LogP contribution is -2.38. The maximum atomic E-state index is 13.8. The smallest absolute Gasteiger partial charge is 0.187 e. The second-order valence-corrected chi connectivity index (χ2v) is 8.65. The topological polar surface area (TPSA) is 55.8 Å². The van der Waals surface area contributed by atoms with Crippen LogP contribution in [-0.2, 0) is 4.74 Å². The fourth-order valence-corrected chi connectivity index (χ4v) is 4.11. The molecule has 32 heavy (non-hydrogen) atoms. The third-order valence-corrected chi connectivity index (χ3v) is 5.74. The van der Waals surface area contributed by atoms with Gasteiger partial charge in [0.25, 0.3) is 0 Å². The number of aromatic nitrogens is 1. The molecule has 0 amide bonds. The summed E-state index contributed by atoms with van der Waals surface area (Å²) in [5.41, 5.74) is 2.40. The Kier molecular flexibility index (Phi) is 7.57. The van der Waals surface area contributed by atoms with E-state index >= 15 is 0 Å². The summed E-state index contributed by atoms with van der Waals surface area (Å²) < 4.78 is 30.8.